The molecule has 0 fully saturated rings. The first-order valence-electron chi connectivity index (χ1n) is 6.88. The second-order valence-electron chi connectivity index (χ2n) is 4.68. The van der Waals surface area contributed by atoms with Crippen LogP contribution in [0.25, 0.3) is 0 Å². The highest BCUT2D eigenvalue weighted by Crippen LogP contribution is 2.21. The van der Waals surface area contributed by atoms with E-state index in [-0.39, 0.29) is 12.5 Å². The second kappa shape index (κ2) is 7.91. The van der Waals surface area contributed by atoms with Crippen LogP contribution in [0.2, 0.25) is 5.02 Å². The number of hydrogen-bond donors (Lipinski definition) is 1. The van der Waals surface area contributed by atoms with Crippen LogP contribution in [0.5, 0.6) is 5.75 Å². The smallest absolute Gasteiger partial charge is 0.258 e. The summed E-state index contributed by atoms with van der Waals surface area (Å²) in [6.45, 7) is 0.276. The summed E-state index contributed by atoms with van der Waals surface area (Å²) in [6.07, 6.45) is 0. The number of rotatable bonds is 5. The Labute approximate surface area is 161 Å². The molecule has 0 saturated heterocycles. The van der Waals surface area contributed by atoms with Gasteiger partial charge in [-0.15, -0.1) is 10.2 Å². The molecule has 5 nitrogen and oxygen atoms in total. The molecule has 0 radical (unpaired) electrons. The zero-order valence-corrected chi connectivity index (χ0v) is 15.9. The summed E-state index contributed by atoms with van der Waals surface area (Å²) in [6, 6.07) is 14.4. The van der Waals surface area contributed by atoms with Crippen molar-refractivity contribution in [2.24, 2.45) is 0 Å². The molecule has 0 aliphatic heterocycles. The van der Waals surface area contributed by atoms with Gasteiger partial charge in [0.15, 0.2) is 5.01 Å². The Bertz CT molecular complexity index is 855. The molecular weight excluding hydrogens is 461 g/mol. The highest BCUT2D eigenvalue weighted by atomic mass is 127. The molecule has 1 aromatic heterocycles. The second-order valence-corrected chi connectivity index (χ2v) is 7.34. The van der Waals surface area contributed by atoms with Crippen molar-refractivity contribution in [1.29, 1.82) is 0 Å². The number of carbonyl (C=O) groups excluding carboxylic acids is 1. The number of aromatic nitrogens is 2. The van der Waals surface area contributed by atoms with Gasteiger partial charge in [0.25, 0.3) is 5.91 Å². The topological polar surface area (TPSA) is 64.1 Å². The predicted molar refractivity (Wildman–Crippen MR) is 103 cm³/mol. The Morgan fingerprint density at radius 1 is 1.17 bits per heavy atom. The van der Waals surface area contributed by atoms with Crippen LogP contribution < -0.4 is 10.1 Å². The zero-order chi connectivity index (χ0) is 16.9. The van der Waals surface area contributed by atoms with Gasteiger partial charge in [-0.2, -0.15) is 0 Å². The summed E-state index contributed by atoms with van der Waals surface area (Å²) in [4.78, 5) is 12.2. The minimum Gasteiger partial charge on any atom is -0.486 e. The van der Waals surface area contributed by atoms with E-state index in [1.54, 1.807) is 30.3 Å². The normalized spacial score (nSPS) is 10.4. The Morgan fingerprint density at radius 2 is 1.92 bits per heavy atom. The van der Waals surface area contributed by atoms with Crippen LogP contribution in [0.4, 0.5) is 5.13 Å². The Morgan fingerprint density at radius 3 is 2.67 bits per heavy atom. The van der Waals surface area contributed by atoms with E-state index in [2.05, 4.69) is 38.1 Å². The van der Waals surface area contributed by atoms with Crippen LogP contribution in [-0.2, 0) is 6.61 Å². The fourth-order valence-electron chi connectivity index (χ4n) is 1.85. The van der Waals surface area contributed by atoms with Crippen LogP contribution in [0, 0.1) is 3.57 Å². The van der Waals surface area contributed by atoms with Gasteiger partial charge in [0.1, 0.15) is 12.4 Å². The molecule has 0 aliphatic rings. The molecular formula is C16H11ClIN3O2S. The molecule has 0 spiro atoms. The first-order chi connectivity index (χ1) is 11.6. The summed E-state index contributed by atoms with van der Waals surface area (Å²) in [5.41, 5.74) is 0.604. The van der Waals surface area contributed by atoms with E-state index < -0.39 is 0 Å². The molecule has 0 atom stereocenters. The van der Waals surface area contributed by atoms with E-state index in [1.807, 2.05) is 18.2 Å². The lowest BCUT2D eigenvalue weighted by atomic mass is 10.2. The quantitative estimate of drug-likeness (QED) is 0.551. The third kappa shape index (κ3) is 4.43. The highest BCUT2D eigenvalue weighted by molar-refractivity contribution is 14.1. The van der Waals surface area contributed by atoms with Gasteiger partial charge in [0, 0.05) is 8.59 Å². The molecule has 3 rings (SSSR count). The molecule has 2 aromatic carbocycles. The van der Waals surface area contributed by atoms with Crippen molar-refractivity contribution >= 4 is 56.6 Å². The van der Waals surface area contributed by atoms with Gasteiger partial charge in [-0.1, -0.05) is 35.1 Å². The third-order valence-electron chi connectivity index (χ3n) is 2.98. The van der Waals surface area contributed by atoms with Crippen molar-refractivity contribution in [1.82, 2.24) is 10.2 Å². The minimum atomic E-state index is -0.207. The maximum absolute atomic E-state index is 12.2. The number of halogens is 2. The van der Waals surface area contributed by atoms with E-state index in [4.69, 9.17) is 16.3 Å². The first-order valence-corrected chi connectivity index (χ1v) is 9.16. The van der Waals surface area contributed by atoms with E-state index in [0.29, 0.717) is 26.5 Å². The largest absolute Gasteiger partial charge is 0.486 e. The van der Waals surface area contributed by atoms with Gasteiger partial charge in [-0.05, 0) is 59.0 Å². The van der Waals surface area contributed by atoms with E-state index >= 15 is 0 Å². The Kier molecular flexibility index (Phi) is 5.64. The standard InChI is InChI=1S/C16H11ClIN3O2S/c17-10-5-7-11(8-6-10)23-9-14-20-21-16(24-14)19-15(22)12-3-1-2-4-13(12)18/h1-8H,9H2,(H,19,21,22). The number of nitrogens with one attached hydrogen (secondary N) is 1. The third-order valence-corrected chi connectivity index (χ3v) is 4.99. The Hall–Kier alpha value is -1.71. The lowest BCUT2D eigenvalue weighted by molar-refractivity contribution is 0.102. The number of nitrogens with zero attached hydrogens (tertiary/aromatic N) is 2. The van der Waals surface area contributed by atoms with Gasteiger partial charge in [0.05, 0.1) is 5.56 Å². The highest BCUT2D eigenvalue weighted by Gasteiger charge is 2.12. The monoisotopic (exact) mass is 471 g/mol. The molecule has 1 heterocycles. The van der Waals surface area contributed by atoms with Crippen molar-refractivity contribution < 1.29 is 9.53 Å². The van der Waals surface area contributed by atoms with Gasteiger partial charge in [-0.3, -0.25) is 10.1 Å². The molecule has 0 aliphatic carbocycles. The van der Waals surface area contributed by atoms with Gasteiger partial charge in [-0.25, -0.2) is 0 Å². The molecule has 3 aromatic rings. The van der Waals surface area contributed by atoms with Crippen LogP contribution in [0.15, 0.2) is 48.5 Å². The lowest BCUT2D eigenvalue weighted by Gasteiger charge is -2.03. The van der Waals surface area contributed by atoms with E-state index in [9.17, 15) is 4.79 Å². The van der Waals surface area contributed by atoms with Gasteiger partial charge < -0.3 is 4.74 Å². The number of benzene rings is 2. The van der Waals surface area contributed by atoms with Gasteiger partial charge in [0.2, 0.25) is 5.13 Å². The number of anilines is 1. The minimum absolute atomic E-state index is 0.207. The van der Waals surface area contributed by atoms with Crippen molar-refractivity contribution in [3.05, 3.63) is 67.7 Å². The average Bonchev–Trinajstić information content (AvgIpc) is 3.02. The molecule has 0 unspecified atom stereocenters. The van der Waals surface area contributed by atoms with Crippen LogP contribution >= 0.6 is 45.5 Å². The summed E-state index contributed by atoms with van der Waals surface area (Å²) in [7, 11) is 0. The van der Waals surface area contributed by atoms with Crippen molar-refractivity contribution in [2.75, 3.05) is 5.32 Å². The number of hydrogen-bond acceptors (Lipinski definition) is 5. The molecule has 24 heavy (non-hydrogen) atoms. The number of ether oxygens (including phenoxy) is 1. The summed E-state index contributed by atoms with van der Waals surface area (Å²) in [5.74, 6) is 0.486. The van der Waals surface area contributed by atoms with E-state index in [1.165, 1.54) is 11.3 Å². The molecule has 0 bridgehead atoms. The fraction of sp³-hybridized carbons (Fsp3) is 0.0625. The molecule has 8 heteroatoms. The van der Waals surface area contributed by atoms with E-state index in [0.717, 1.165) is 3.57 Å². The van der Waals surface area contributed by atoms with Crippen LogP contribution in [0.3, 0.4) is 0 Å². The molecule has 122 valence electrons. The SMILES string of the molecule is O=C(Nc1nnc(COc2ccc(Cl)cc2)s1)c1ccccc1I. The number of carbonyl (C=O) groups is 1. The lowest BCUT2D eigenvalue weighted by Crippen LogP contribution is -2.13. The Balaban J connectivity index is 1.60. The summed E-state index contributed by atoms with van der Waals surface area (Å²) in [5, 5.41) is 12.5. The maximum atomic E-state index is 12.2. The predicted octanol–water partition coefficient (Wildman–Crippen LogP) is 4.63. The van der Waals surface area contributed by atoms with Crippen molar-refractivity contribution in [3.8, 4) is 5.75 Å². The fourth-order valence-corrected chi connectivity index (χ4v) is 3.25. The zero-order valence-electron chi connectivity index (χ0n) is 12.2. The van der Waals surface area contributed by atoms with Crippen LogP contribution in [0.1, 0.15) is 15.4 Å². The summed E-state index contributed by atoms with van der Waals surface area (Å²) >= 11 is 9.22. The van der Waals surface area contributed by atoms with Crippen molar-refractivity contribution in [2.45, 2.75) is 6.61 Å². The van der Waals surface area contributed by atoms with Crippen molar-refractivity contribution in [3.63, 3.8) is 0 Å². The molecule has 0 saturated carbocycles. The summed E-state index contributed by atoms with van der Waals surface area (Å²) < 4.78 is 6.48. The molecule has 1 amide bonds. The van der Waals surface area contributed by atoms with Gasteiger partial charge >= 0.3 is 0 Å². The first kappa shape index (κ1) is 17.1. The number of amides is 1. The van der Waals surface area contributed by atoms with Crippen LogP contribution in [-0.4, -0.2) is 16.1 Å². The molecule has 1 N–H and O–H groups in total. The average molecular weight is 472 g/mol. The maximum Gasteiger partial charge on any atom is 0.258 e.